The quantitative estimate of drug-likeness (QED) is 0.827. The molecule has 1 atom stereocenters. The van der Waals surface area contributed by atoms with E-state index < -0.39 is 6.10 Å². The van der Waals surface area contributed by atoms with Gasteiger partial charge in [-0.1, -0.05) is 36.5 Å². The van der Waals surface area contributed by atoms with Gasteiger partial charge in [-0.25, -0.2) is 0 Å². The largest absolute Gasteiger partial charge is 0.388 e. The van der Waals surface area contributed by atoms with E-state index in [0.717, 1.165) is 18.4 Å². The third-order valence-corrected chi connectivity index (χ3v) is 3.12. The fourth-order valence-electron chi connectivity index (χ4n) is 1.01. The first kappa shape index (κ1) is 10.3. The van der Waals surface area contributed by atoms with Gasteiger partial charge in [0.25, 0.3) is 0 Å². The number of hydrogen-bond donors (Lipinski definition) is 1. The first-order chi connectivity index (χ1) is 5.65. The number of hydrogen-bond acceptors (Lipinski definition) is 2. The molecule has 0 saturated heterocycles. The van der Waals surface area contributed by atoms with Crippen molar-refractivity contribution in [2.24, 2.45) is 0 Å². The Balaban J connectivity index is 2.79. The fraction of sp³-hybridized carbons (Fsp3) is 0.500. The number of aliphatic hydroxyl groups is 1. The standard InChI is InChI=1S/C8H10Cl2OS/c1-2-3-6(11)5-4-7(9)12-8(5)10/h4,6,11H,2-3H2,1H3. The van der Waals surface area contributed by atoms with Crippen LogP contribution in [0, 0.1) is 0 Å². The molecule has 0 amide bonds. The van der Waals surface area contributed by atoms with E-state index in [0.29, 0.717) is 8.67 Å². The van der Waals surface area contributed by atoms with Crippen LogP contribution in [0.3, 0.4) is 0 Å². The zero-order chi connectivity index (χ0) is 9.14. The van der Waals surface area contributed by atoms with Gasteiger partial charge in [0, 0.05) is 5.56 Å². The molecule has 12 heavy (non-hydrogen) atoms. The fourth-order valence-corrected chi connectivity index (χ4v) is 2.58. The smallest absolute Gasteiger partial charge is 0.100 e. The van der Waals surface area contributed by atoms with Crippen LogP contribution >= 0.6 is 34.5 Å². The highest BCUT2D eigenvalue weighted by Crippen LogP contribution is 2.36. The first-order valence-corrected chi connectivity index (χ1v) is 5.35. The van der Waals surface area contributed by atoms with E-state index in [2.05, 4.69) is 0 Å². The van der Waals surface area contributed by atoms with E-state index in [4.69, 9.17) is 23.2 Å². The highest BCUT2D eigenvalue weighted by atomic mass is 35.5. The summed E-state index contributed by atoms with van der Waals surface area (Å²) in [6, 6.07) is 1.73. The second kappa shape index (κ2) is 4.47. The molecule has 1 aromatic heterocycles. The summed E-state index contributed by atoms with van der Waals surface area (Å²) in [4.78, 5) is 0. The van der Waals surface area contributed by atoms with Gasteiger partial charge >= 0.3 is 0 Å². The van der Waals surface area contributed by atoms with Gasteiger partial charge in [-0.2, -0.15) is 0 Å². The average molecular weight is 225 g/mol. The second-order valence-corrected chi connectivity index (χ2v) is 4.87. The molecule has 0 spiro atoms. The molecular weight excluding hydrogens is 215 g/mol. The maximum atomic E-state index is 9.58. The van der Waals surface area contributed by atoms with Crippen molar-refractivity contribution in [3.63, 3.8) is 0 Å². The Bertz CT molecular complexity index is 260. The molecule has 1 heterocycles. The predicted octanol–water partition coefficient (Wildman–Crippen LogP) is 3.89. The van der Waals surface area contributed by atoms with E-state index in [1.165, 1.54) is 11.3 Å². The summed E-state index contributed by atoms with van der Waals surface area (Å²) in [5.41, 5.74) is 0.758. The number of halogens is 2. The molecule has 0 aromatic carbocycles. The molecule has 0 saturated carbocycles. The lowest BCUT2D eigenvalue weighted by Crippen LogP contribution is -1.94. The van der Waals surface area contributed by atoms with Gasteiger partial charge in [0.05, 0.1) is 10.4 Å². The summed E-state index contributed by atoms with van der Waals surface area (Å²) in [6.07, 6.45) is 1.20. The highest BCUT2D eigenvalue weighted by Gasteiger charge is 2.13. The second-order valence-electron chi connectivity index (χ2n) is 2.58. The Morgan fingerprint density at radius 2 is 2.25 bits per heavy atom. The van der Waals surface area contributed by atoms with E-state index in [9.17, 15) is 5.11 Å². The molecule has 0 aliphatic carbocycles. The summed E-state index contributed by atoms with van der Waals surface area (Å²) in [5, 5.41) is 9.58. The Labute approximate surface area is 85.9 Å². The molecule has 1 aromatic rings. The van der Waals surface area contributed by atoms with Gasteiger partial charge in [-0.05, 0) is 12.5 Å². The van der Waals surface area contributed by atoms with Crippen molar-refractivity contribution in [3.8, 4) is 0 Å². The monoisotopic (exact) mass is 224 g/mol. The number of aliphatic hydroxyl groups excluding tert-OH is 1. The van der Waals surface area contributed by atoms with Crippen molar-refractivity contribution >= 4 is 34.5 Å². The molecule has 1 rings (SSSR count). The van der Waals surface area contributed by atoms with Crippen molar-refractivity contribution in [1.82, 2.24) is 0 Å². The van der Waals surface area contributed by atoms with Crippen LogP contribution in [0.1, 0.15) is 31.4 Å². The van der Waals surface area contributed by atoms with E-state index in [1.807, 2.05) is 6.92 Å². The molecule has 0 bridgehead atoms. The van der Waals surface area contributed by atoms with Crippen LogP contribution < -0.4 is 0 Å². The van der Waals surface area contributed by atoms with E-state index >= 15 is 0 Å². The minimum atomic E-state index is -0.466. The van der Waals surface area contributed by atoms with Crippen molar-refractivity contribution < 1.29 is 5.11 Å². The van der Waals surface area contributed by atoms with Crippen LogP contribution in [-0.4, -0.2) is 5.11 Å². The Kier molecular flexibility index (Phi) is 3.84. The van der Waals surface area contributed by atoms with Crippen molar-refractivity contribution in [3.05, 3.63) is 20.3 Å². The van der Waals surface area contributed by atoms with Gasteiger partial charge < -0.3 is 5.11 Å². The van der Waals surface area contributed by atoms with Crippen molar-refractivity contribution in [1.29, 1.82) is 0 Å². The normalized spacial score (nSPS) is 13.3. The van der Waals surface area contributed by atoms with Crippen LogP contribution in [0.4, 0.5) is 0 Å². The van der Waals surface area contributed by atoms with Gasteiger partial charge in [0.2, 0.25) is 0 Å². The number of rotatable bonds is 3. The molecule has 0 radical (unpaired) electrons. The Hall–Kier alpha value is 0.240. The van der Waals surface area contributed by atoms with Gasteiger partial charge in [0.15, 0.2) is 0 Å². The summed E-state index contributed by atoms with van der Waals surface area (Å²) >= 11 is 12.9. The van der Waals surface area contributed by atoms with Gasteiger partial charge in [-0.15, -0.1) is 11.3 Å². The summed E-state index contributed by atoms with van der Waals surface area (Å²) < 4.78 is 1.23. The first-order valence-electron chi connectivity index (χ1n) is 3.78. The van der Waals surface area contributed by atoms with Gasteiger partial charge in [-0.3, -0.25) is 0 Å². The van der Waals surface area contributed by atoms with Crippen molar-refractivity contribution in [2.75, 3.05) is 0 Å². The van der Waals surface area contributed by atoms with Crippen LogP contribution in [0.5, 0.6) is 0 Å². The molecule has 4 heteroatoms. The zero-order valence-electron chi connectivity index (χ0n) is 6.68. The molecular formula is C8H10Cl2OS. The van der Waals surface area contributed by atoms with Gasteiger partial charge in [0.1, 0.15) is 4.34 Å². The molecule has 0 fully saturated rings. The molecule has 0 aliphatic heterocycles. The number of thiophene rings is 1. The van der Waals surface area contributed by atoms with E-state index in [1.54, 1.807) is 6.07 Å². The van der Waals surface area contributed by atoms with Crippen LogP contribution in [0.15, 0.2) is 6.07 Å². The third kappa shape index (κ3) is 2.36. The minimum absolute atomic E-state index is 0.466. The Morgan fingerprint density at radius 3 is 2.67 bits per heavy atom. The molecule has 1 N–H and O–H groups in total. The van der Waals surface area contributed by atoms with Crippen LogP contribution in [0.25, 0.3) is 0 Å². The maximum absolute atomic E-state index is 9.58. The minimum Gasteiger partial charge on any atom is -0.388 e. The molecule has 1 nitrogen and oxygen atoms in total. The average Bonchev–Trinajstić information content (AvgIpc) is 2.30. The topological polar surface area (TPSA) is 20.2 Å². The summed E-state index contributed by atoms with van der Waals surface area (Å²) in [7, 11) is 0. The zero-order valence-corrected chi connectivity index (χ0v) is 9.01. The summed E-state index contributed by atoms with van der Waals surface area (Å²) in [6.45, 7) is 2.02. The maximum Gasteiger partial charge on any atom is 0.100 e. The van der Waals surface area contributed by atoms with Crippen LogP contribution in [-0.2, 0) is 0 Å². The molecule has 0 aliphatic rings. The van der Waals surface area contributed by atoms with E-state index in [-0.39, 0.29) is 0 Å². The highest BCUT2D eigenvalue weighted by molar-refractivity contribution is 7.20. The molecule has 1 unspecified atom stereocenters. The van der Waals surface area contributed by atoms with Crippen molar-refractivity contribution in [2.45, 2.75) is 25.9 Å². The lowest BCUT2D eigenvalue weighted by Gasteiger charge is -2.06. The molecule has 68 valence electrons. The SMILES string of the molecule is CCCC(O)c1cc(Cl)sc1Cl. The lowest BCUT2D eigenvalue weighted by molar-refractivity contribution is 0.167. The third-order valence-electron chi connectivity index (χ3n) is 1.60. The Morgan fingerprint density at radius 1 is 1.58 bits per heavy atom. The summed E-state index contributed by atoms with van der Waals surface area (Å²) in [5.74, 6) is 0. The predicted molar refractivity (Wildman–Crippen MR) is 54.2 cm³/mol. The van der Waals surface area contributed by atoms with Crippen LogP contribution in [0.2, 0.25) is 8.67 Å². The lowest BCUT2D eigenvalue weighted by atomic mass is 10.1.